The molecule has 3 aliphatic rings. The second-order valence-corrected chi connectivity index (χ2v) is 9.08. The predicted molar refractivity (Wildman–Crippen MR) is 117 cm³/mol. The highest BCUT2D eigenvalue weighted by molar-refractivity contribution is 9.10. The Bertz CT molecular complexity index is 1030. The van der Waals surface area contributed by atoms with Crippen LogP contribution in [0.1, 0.15) is 17.5 Å². The number of hydrogen-bond donors (Lipinski definition) is 0. The highest BCUT2D eigenvalue weighted by Crippen LogP contribution is 2.52. The first-order valence-corrected chi connectivity index (χ1v) is 11.0. The number of imide groups is 1. The van der Waals surface area contributed by atoms with E-state index >= 15 is 0 Å². The Morgan fingerprint density at radius 1 is 1.10 bits per heavy atom. The molecule has 0 aromatic heterocycles. The highest BCUT2D eigenvalue weighted by Gasteiger charge is 2.59. The quantitative estimate of drug-likeness (QED) is 0.346. The maximum absolute atomic E-state index is 12.7. The van der Waals surface area contributed by atoms with Crippen LogP contribution in [0.5, 0.6) is 5.75 Å². The van der Waals surface area contributed by atoms with Crippen LogP contribution in [0.4, 0.5) is 0 Å². The summed E-state index contributed by atoms with van der Waals surface area (Å²) in [5.41, 5.74) is 1.70. The molecule has 5 rings (SSSR count). The van der Waals surface area contributed by atoms with Crippen molar-refractivity contribution in [2.24, 2.45) is 28.8 Å². The van der Waals surface area contributed by atoms with E-state index in [0.29, 0.717) is 27.4 Å². The summed E-state index contributed by atoms with van der Waals surface area (Å²) >= 11 is 9.89. The molecule has 1 heterocycles. The first-order chi connectivity index (χ1) is 14.5. The van der Waals surface area contributed by atoms with Gasteiger partial charge in [-0.3, -0.25) is 9.59 Å². The zero-order valence-electron chi connectivity index (χ0n) is 15.9. The second kappa shape index (κ2) is 7.67. The third-order valence-corrected chi connectivity index (χ3v) is 6.89. The number of halogens is 2. The number of carbonyl (C=O) groups is 2. The average Bonchev–Trinajstić information content (AvgIpc) is 3.41. The van der Waals surface area contributed by atoms with Crippen LogP contribution in [0, 0.1) is 23.7 Å². The fraction of sp³-hybridized carbons (Fsp3) is 0.261. The molecular formula is C23H18BrClN2O3. The number of amides is 2. The Kier molecular flexibility index (Phi) is 4.99. The van der Waals surface area contributed by atoms with Gasteiger partial charge in [-0.05, 0) is 57.4 Å². The van der Waals surface area contributed by atoms with E-state index in [4.69, 9.17) is 16.3 Å². The van der Waals surface area contributed by atoms with Crippen LogP contribution in [0.25, 0.3) is 0 Å². The molecular weight excluding hydrogens is 468 g/mol. The molecule has 2 amide bonds. The van der Waals surface area contributed by atoms with Gasteiger partial charge in [0.1, 0.15) is 6.61 Å². The maximum Gasteiger partial charge on any atom is 0.254 e. The lowest BCUT2D eigenvalue weighted by atomic mass is 9.85. The molecule has 152 valence electrons. The molecule has 0 radical (unpaired) electrons. The average molecular weight is 486 g/mol. The van der Waals surface area contributed by atoms with Gasteiger partial charge in [0.2, 0.25) is 0 Å². The topological polar surface area (TPSA) is 59.0 Å². The van der Waals surface area contributed by atoms with Crippen LogP contribution in [0.2, 0.25) is 5.02 Å². The number of hydrazone groups is 1. The van der Waals surface area contributed by atoms with Crippen LogP contribution in [-0.4, -0.2) is 23.0 Å². The molecule has 1 aliphatic heterocycles. The smallest absolute Gasteiger partial charge is 0.254 e. The van der Waals surface area contributed by atoms with Gasteiger partial charge in [-0.2, -0.15) is 10.1 Å². The van der Waals surface area contributed by atoms with Crippen molar-refractivity contribution in [2.45, 2.75) is 13.0 Å². The summed E-state index contributed by atoms with van der Waals surface area (Å²) in [4.78, 5) is 25.4. The summed E-state index contributed by atoms with van der Waals surface area (Å²) in [5, 5.41) is 5.65. The number of allylic oxidation sites excluding steroid dienone is 2. The van der Waals surface area contributed by atoms with Gasteiger partial charge in [0.05, 0.1) is 27.5 Å². The molecule has 4 atom stereocenters. The van der Waals surface area contributed by atoms with E-state index in [1.807, 2.05) is 30.3 Å². The van der Waals surface area contributed by atoms with Crippen molar-refractivity contribution in [1.82, 2.24) is 5.01 Å². The van der Waals surface area contributed by atoms with Gasteiger partial charge >= 0.3 is 0 Å². The number of rotatable bonds is 5. The Morgan fingerprint density at radius 2 is 1.77 bits per heavy atom. The standard InChI is InChI=1S/C23H18BrClN2O3/c24-17-8-14(9-18(25)21(17)30-12-13-4-2-1-3-5-13)11-26-27-22(28)19-15-6-7-16(10-15)20(19)23(27)29/h1-9,11,15-16,19-20H,10,12H2/t15-,16-,19-,20+/m0/s1. The summed E-state index contributed by atoms with van der Waals surface area (Å²) < 4.78 is 6.52. The first kappa shape index (κ1) is 19.5. The van der Waals surface area contributed by atoms with E-state index in [2.05, 4.69) is 33.2 Å². The molecule has 5 nitrogen and oxygen atoms in total. The molecule has 30 heavy (non-hydrogen) atoms. The third kappa shape index (κ3) is 3.28. The van der Waals surface area contributed by atoms with Gasteiger partial charge in [0.25, 0.3) is 11.8 Å². The van der Waals surface area contributed by atoms with Crippen LogP contribution in [0.15, 0.2) is 64.2 Å². The van der Waals surface area contributed by atoms with E-state index in [0.717, 1.165) is 17.0 Å². The number of nitrogens with zero attached hydrogens (tertiary/aromatic N) is 2. The molecule has 2 fully saturated rings. The lowest BCUT2D eigenvalue weighted by Gasteiger charge is -2.13. The molecule has 2 aromatic rings. The molecule has 0 unspecified atom stereocenters. The summed E-state index contributed by atoms with van der Waals surface area (Å²) in [6, 6.07) is 13.3. The number of carbonyl (C=O) groups excluding carboxylic acids is 2. The SMILES string of the molecule is O=C1[C@@H]2[C@H](C(=O)N1N=Cc1cc(Cl)c(OCc3ccccc3)c(Br)c1)[C@H]1C=C[C@H]2C1. The fourth-order valence-electron chi connectivity index (χ4n) is 4.65. The second-order valence-electron chi connectivity index (χ2n) is 7.82. The van der Waals surface area contributed by atoms with Crippen molar-refractivity contribution in [3.05, 3.63) is 75.2 Å². The van der Waals surface area contributed by atoms with Crippen LogP contribution >= 0.6 is 27.5 Å². The fourth-order valence-corrected chi connectivity index (χ4v) is 5.64. The van der Waals surface area contributed by atoms with Crippen LogP contribution in [0.3, 0.4) is 0 Å². The maximum atomic E-state index is 12.7. The molecule has 2 aromatic carbocycles. The summed E-state index contributed by atoms with van der Waals surface area (Å²) in [5.74, 6) is -0.0506. The number of hydrogen-bond acceptors (Lipinski definition) is 4. The normalized spacial score (nSPS) is 26.8. The lowest BCUT2D eigenvalue weighted by Crippen LogP contribution is -2.28. The largest absolute Gasteiger partial charge is 0.486 e. The highest BCUT2D eigenvalue weighted by atomic mass is 79.9. The lowest BCUT2D eigenvalue weighted by molar-refractivity contribution is -0.140. The molecule has 0 N–H and O–H groups in total. The predicted octanol–water partition coefficient (Wildman–Crippen LogP) is 4.82. The molecule has 1 saturated heterocycles. The van der Waals surface area contributed by atoms with Crippen molar-refractivity contribution < 1.29 is 14.3 Å². The van der Waals surface area contributed by atoms with Crippen molar-refractivity contribution in [3.8, 4) is 5.75 Å². The Morgan fingerprint density at radius 3 is 2.40 bits per heavy atom. The van der Waals surface area contributed by atoms with Gasteiger partial charge in [-0.1, -0.05) is 54.1 Å². The molecule has 1 saturated carbocycles. The van der Waals surface area contributed by atoms with E-state index in [-0.39, 0.29) is 35.5 Å². The van der Waals surface area contributed by atoms with Crippen molar-refractivity contribution in [1.29, 1.82) is 0 Å². The van der Waals surface area contributed by atoms with E-state index in [1.54, 1.807) is 12.1 Å². The molecule has 2 bridgehead atoms. The summed E-state index contributed by atoms with van der Waals surface area (Å²) in [7, 11) is 0. The monoisotopic (exact) mass is 484 g/mol. The molecule has 0 spiro atoms. The van der Waals surface area contributed by atoms with E-state index in [1.165, 1.54) is 6.21 Å². The Hall–Kier alpha value is -2.44. The van der Waals surface area contributed by atoms with Crippen LogP contribution in [-0.2, 0) is 16.2 Å². The van der Waals surface area contributed by atoms with Gasteiger partial charge in [0.15, 0.2) is 5.75 Å². The zero-order valence-corrected chi connectivity index (χ0v) is 18.2. The third-order valence-electron chi connectivity index (χ3n) is 6.02. The first-order valence-electron chi connectivity index (χ1n) is 9.79. The van der Waals surface area contributed by atoms with Crippen molar-refractivity contribution in [2.75, 3.05) is 0 Å². The van der Waals surface area contributed by atoms with Crippen LogP contribution < -0.4 is 4.74 Å². The number of benzene rings is 2. The summed E-state index contributed by atoms with van der Waals surface area (Å²) in [6.07, 6.45) is 6.52. The van der Waals surface area contributed by atoms with E-state index < -0.39 is 0 Å². The van der Waals surface area contributed by atoms with Gasteiger partial charge in [0, 0.05) is 0 Å². The van der Waals surface area contributed by atoms with E-state index in [9.17, 15) is 9.59 Å². The van der Waals surface area contributed by atoms with Crippen molar-refractivity contribution >= 4 is 45.6 Å². The zero-order chi connectivity index (χ0) is 20.8. The minimum absolute atomic E-state index is 0.168. The Balaban J connectivity index is 1.31. The molecule has 2 aliphatic carbocycles. The van der Waals surface area contributed by atoms with Gasteiger partial charge < -0.3 is 4.74 Å². The van der Waals surface area contributed by atoms with Gasteiger partial charge in [-0.15, -0.1) is 0 Å². The van der Waals surface area contributed by atoms with Crippen molar-refractivity contribution in [3.63, 3.8) is 0 Å². The Labute approximate surface area is 187 Å². The van der Waals surface area contributed by atoms with Gasteiger partial charge in [-0.25, -0.2) is 0 Å². The summed E-state index contributed by atoms with van der Waals surface area (Å²) in [6.45, 7) is 0.391. The minimum Gasteiger partial charge on any atom is -0.486 e. The number of fused-ring (bicyclic) bond motifs is 5. The molecule has 7 heteroatoms. The minimum atomic E-state index is -0.256. The number of ether oxygens (including phenoxy) is 1.